The first kappa shape index (κ1) is 22.5. The molecule has 0 spiro atoms. The predicted molar refractivity (Wildman–Crippen MR) is 119 cm³/mol. The van der Waals surface area contributed by atoms with Crippen LogP contribution in [-0.4, -0.2) is 32.3 Å². The van der Waals surface area contributed by atoms with Crippen LogP contribution in [0.4, 0.5) is 10.1 Å². The van der Waals surface area contributed by atoms with Gasteiger partial charge in [0.15, 0.2) is 11.0 Å². The molecule has 0 aliphatic heterocycles. The monoisotopic (exact) mass is 441 g/mol. The van der Waals surface area contributed by atoms with Crippen molar-refractivity contribution in [2.75, 3.05) is 11.1 Å². The minimum atomic E-state index is -0.409. The highest BCUT2D eigenvalue weighted by Crippen LogP contribution is 2.21. The van der Waals surface area contributed by atoms with Gasteiger partial charge in [-0.2, -0.15) is 0 Å². The Morgan fingerprint density at radius 3 is 2.61 bits per heavy atom. The van der Waals surface area contributed by atoms with Gasteiger partial charge in [-0.1, -0.05) is 36.0 Å². The zero-order valence-electron chi connectivity index (χ0n) is 17.8. The van der Waals surface area contributed by atoms with Crippen molar-refractivity contribution in [1.29, 1.82) is 0 Å². The van der Waals surface area contributed by atoms with Crippen molar-refractivity contribution >= 4 is 29.3 Å². The largest absolute Gasteiger partial charge is 0.342 e. The number of halogens is 1. The van der Waals surface area contributed by atoms with E-state index in [2.05, 4.69) is 20.8 Å². The van der Waals surface area contributed by atoms with Crippen LogP contribution in [-0.2, 0) is 11.8 Å². The summed E-state index contributed by atoms with van der Waals surface area (Å²) in [5.74, 6) is -0.206. The molecule has 3 rings (SSSR count). The SMILES string of the molecule is Cc1ccc(F)cc1NC(=O)CSc1nnc(C(C)NC(=O)c2ccccc2C)n1C. The van der Waals surface area contributed by atoms with Crippen molar-refractivity contribution in [1.82, 2.24) is 20.1 Å². The average Bonchev–Trinajstić information content (AvgIpc) is 3.10. The molecule has 2 amide bonds. The molecule has 0 aliphatic rings. The maximum absolute atomic E-state index is 13.4. The average molecular weight is 442 g/mol. The topological polar surface area (TPSA) is 88.9 Å². The number of anilines is 1. The van der Waals surface area contributed by atoms with E-state index >= 15 is 0 Å². The number of benzene rings is 2. The summed E-state index contributed by atoms with van der Waals surface area (Å²) in [7, 11) is 1.78. The summed E-state index contributed by atoms with van der Waals surface area (Å²) in [5, 5.41) is 14.5. The van der Waals surface area contributed by atoms with Crippen LogP contribution in [0.3, 0.4) is 0 Å². The fourth-order valence-corrected chi connectivity index (χ4v) is 3.76. The number of nitrogens with zero attached hydrogens (tertiary/aromatic N) is 3. The molecular weight excluding hydrogens is 417 g/mol. The first-order chi connectivity index (χ1) is 14.8. The summed E-state index contributed by atoms with van der Waals surface area (Å²) in [6.45, 7) is 5.50. The number of aryl methyl sites for hydroxylation is 2. The van der Waals surface area contributed by atoms with Crippen molar-refractivity contribution < 1.29 is 14.0 Å². The molecule has 0 bridgehead atoms. The molecule has 0 radical (unpaired) electrons. The lowest BCUT2D eigenvalue weighted by Crippen LogP contribution is -2.29. The molecule has 3 aromatic rings. The van der Waals surface area contributed by atoms with Crippen LogP contribution in [0.2, 0.25) is 0 Å². The first-order valence-electron chi connectivity index (χ1n) is 9.71. The van der Waals surface area contributed by atoms with Gasteiger partial charge in [0.2, 0.25) is 5.91 Å². The van der Waals surface area contributed by atoms with E-state index in [1.54, 1.807) is 30.7 Å². The Hall–Kier alpha value is -3.20. The van der Waals surface area contributed by atoms with Gasteiger partial charge in [-0.3, -0.25) is 9.59 Å². The highest BCUT2D eigenvalue weighted by atomic mass is 32.2. The molecule has 0 aliphatic carbocycles. The Bertz CT molecular complexity index is 1120. The lowest BCUT2D eigenvalue weighted by molar-refractivity contribution is -0.113. The molecule has 7 nitrogen and oxygen atoms in total. The molecule has 0 saturated heterocycles. The van der Waals surface area contributed by atoms with Crippen LogP contribution >= 0.6 is 11.8 Å². The van der Waals surface area contributed by atoms with Gasteiger partial charge in [-0.25, -0.2) is 4.39 Å². The number of amides is 2. The minimum Gasteiger partial charge on any atom is -0.342 e. The third kappa shape index (κ3) is 5.49. The van der Waals surface area contributed by atoms with Crippen LogP contribution in [0.25, 0.3) is 0 Å². The van der Waals surface area contributed by atoms with Crippen molar-refractivity contribution in [3.8, 4) is 0 Å². The summed E-state index contributed by atoms with van der Waals surface area (Å²) < 4.78 is 15.1. The van der Waals surface area contributed by atoms with Crippen molar-refractivity contribution in [2.24, 2.45) is 7.05 Å². The summed E-state index contributed by atoms with van der Waals surface area (Å²) in [6.07, 6.45) is 0. The second-order valence-corrected chi connectivity index (χ2v) is 8.15. The molecule has 1 atom stereocenters. The Kier molecular flexibility index (Phi) is 7.06. The molecule has 162 valence electrons. The number of carbonyl (C=O) groups is 2. The second kappa shape index (κ2) is 9.74. The molecule has 0 fully saturated rings. The maximum Gasteiger partial charge on any atom is 0.252 e. The lowest BCUT2D eigenvalue weighted by atomic mass is 10.1. The van der Waals surface area contributed by atoms with Gasteiger partial charge in [0, 0.05) is 18.3 Å². The zero-order valence-corrected chi connectivity index (χ0v) is 18.6. The summed E-state index contributed by atoms with van der Waals surface area (Å²) in [5.41, 5.74) is 2.71. The molecule has 1 heterocycles. The third-order valence-corrected chi connectivity index (χ3v) is 5.82. The Balaban J connectivity index is 1.60. The lowest BCUT2D eigenvalue weighted by Gasteiger charge is -2.14. The van der Waals surface area contributed by atoms with E-state index in [9.17, 15) is 14.0 Å². The summed E-state index contributed by atoms with van der Waals surface area (Å²) in [6, 6.07) is 11.2. The highest BCUT2D eigenvalue weighted by molar-refractivity contribution is 7.99. The molecule has 0 saturated carbocycles. The van der Waals surface area contributed by atoms with Gasteiger partial charge in [-0.15, -0.1) is 10.2 Å². The van der Waals surface area contributed by atoms with Crippen LogP contribution in [0.15, 0.2) is 47.6 Å². The van der Waals surface area contributed by atoms with E-state index < -0.39 is 5.82 Å². The van der Waals surface area contributed by atoms with E-state index in [1.165, 1.54) is 23.9 Å². The van der Waals surface area contributed by atoms with Crippen molar-refractivity contribution in [2.45, 2.75) is 32.0 Å². The van der Waals surface area contributed by atoms with Crippen LogP contribution < -0.4 is 10.6 Å². The van der Waals surface area contributed by atoms with Crippen LogP contribution in [0.1, 0.15) is 40.3 Å². The van der Waals surface area contributed by atoms with Crippen molar-refractivity contribution in [3.63, 3.8) is 0 Å². The molecule has 9 heteroatoms. The Morgan fingerprint density at radius 1 is 1.13 bits per heavy atom. The van der Waals surface area contributed by atoms with E-state index in [-0.39, 0.29) is 23.6 Å². The maximum atomic E-state index is 13.4. The van der Waals surface area contributed by atoms with Crippen LogP contribution in [0.5, 0.6) is 0 Å². The highest BCUT2D eigenvalue weighted by Gasteiger charge is 2.19. The number of hydrogen-bond acceptors (Lipinski definition) is 5. The molecule has 1 aromatic heterocycles. The van der Waals surface area contributed by atoms with Gasteiger partial charge < -0.3 is 15.2 Å². The van der Waals surface area contributed by atoms with Gasteiger partial charge in [-0.05, 0) is 50.1 Å². The van der Waals surface area contributed by atoms with Gasteiger partial charge in [0.25, 0.3) is 5.91 Å². The van der Waals surface area contributed by atoms with E-state index in [1.807, 2.05) is 32.0 Å². The summed E-state index contributed by atoms with van der Waals surface area (Å²) in [4.78, 5) is 24.8. The molecule has 1 unspecified atom stereocenters. The van der Waals surface area contributed by atoms with Gasteiger partial charge >= 0.3 is 0 Å². The summed E-state index contributed by atoms with van der Waals surface area (Å²) >= 11 is 1.21. The molecular formula is C22H24FN5O2S. The Morgan fingerprint density at radius 2 is 1.87 bits per heavy atom. The predicted octanol–water partition coefficient (Wildman–Crippen LogP) is 3.79. The number of hydrogen-bond donors (Lipinski definition) is 2. The number of carbonyl (C=O) groups excluding carboxylic acids is 2. The second-order valence-electron chi connectivity index (χ2n) is 7.21. The minimum absolute atomic E-state index is 0.0892. The number of aromatic nitrogens is 3. The van der Waals surface area contributed by atoms with Crippen molar-refractivity contribution in [3.05, 3.63) is 70.8 Å². The molecule has 31 heavy (non-hydrogen) atoms. The quantitative estimate of drug-likeness (QED) is 0.545. The zero-order chi connectivity index (χ0) is 22.5. The smallest absolute Gasteiger partial charge is 0.252 e. The fraction of sp³-hybridized carbons (Fsp3) is 0.273. The van der Waals surface area contributed by atoms with E-state index in [0.717, 1.165) is 11.1 Å². The number of nitrogens with one attached hydrogen (secondary N) is 2. The van der Waals surface area contributed by atoms with Gasteiger partial charge in [0.1, 0.15) is 5.82 Å². The first-order valence-corrected chi connectivity index (χ1v) is 10.7. The number of thioether (sulfide) groups is 1. The molecule has 2 aromatic carbocycles. The molecule has 2 N–H and O–H groups in total. The number of rotatable bonds is 7. The van der Waals surface area contributed by atoms with E-state index in [0.29, 0.717) is 22.2 Å². The standard InChI is InChI=1S/C22H24FN5O2S/c1-13-7-5-6-8-17(13)21(30)24-15(3)20-26-27-22(28(20)4)31-12-19(29)25-18-11-16(23)10-9-14(18)2/h5-11,15H,12H2,1-4H3,(H,24,30)(H,25,29). The normalized spacial score (nSPS) is 11.8. The fourth-order valence-electron chi connectivity index (χ4n) is 3.04. The van der Waals surface area contributed by atoms with Gasteiger partial charge in [0.05, 0.1) is 11.8 Å². The third-order valence-electron chi connectivity index (χ3n) is 4.80. The van der Waals surface area contributed by atoms with Crippen LogP contribution in [0, 0.1) is 19.7 Å². The van der Waals surface area contributed by atoms with E-state index in [4.69, 9.17) is 0 Å². The Labute approximate surface area is 184 Å².